The van der Waals surface area contributed by atoms with Crippen molar-refractivity contribution >= 4 is 6.41 Å². The zero-order chi connectivity index (χ0) is 11.4. The summed E-state index contributed by atoms with van der Waals surface area (Å²) >= 11 is 0. The van der Waals surface area contributed by atoms with Crippen LogP contribution in [0.1, 0.15) is 18.5 Å². The van der Waals surface area contributed by atoms with E-state index in [-0.39, 0.29) is 0 Å². The quantitative estimate of drug-likeness (QED) is 0.759. The molecule has 1 N–H and O–H groups in total. The lowest BCUT2D eigenvalue weighted by Gasteiger charge is -2.36. The van der Waals surface area contributed by atoms with Crippen molar-refractivity contribution in [2.45, 2.75) is 24.9 Å². The van der Waals surface area contributed by atoms with Gasteiger partial charge in [0.2, 0.25) is 6.41 Å². The molecule has 0 saturated carbocycles. The largest absolute Gasteiger partial charge is 0.389 e. The maximum absolute atomic E-state index is 10.6. The van der Waals surface area contributed by atoms with Gasteiger partial charge >= 0.3 is 0 Å². The molecule has 0 bridgehead atoms. The van der Waals surface area contributed by atoms with E-state index < -0.39 is 5.60 Å². The van der Waals surface area contributed by atoms with Gasteiger partial charge in [-0.3, -0.25) is 9.78 Å². The first kappa shape index (κ1) is 11.1. The van der Waals surface area contributed by atoms with Gasteiger partial charge in [-0.25, -0.2) is 0 Å². The molecule has 86 valence electrons. The molecular formula is C12H16N2O2. The van der Waals surface area contributed by atoms with Crippen molar-refractivity contribution in [2.75, 3.05) is 13.1 Å². The second kappa shape index (κ2) is 4.61. The van der Waals surface area contributed by atoms with Crippen molar-refractivity contribution < 1.29 is 9.90 Å². The number of likely N-dealkylation sites (tertiary alicyclic amines) is 1. The van der Waals surface area contributed by atoms with Crippen LogP contribution in [0.25, 0.3) is 0 Å². The molecule has 0 radical (unpaired) electrons. The van der Waals surface area contributed by atoms with E-state index in [1.807, 2.05) is 18.2 Å². The number of aromatic nitrogens is 1. The third-order valence-electron chi connectivity index (χ3n) is 3.11. The lowest BCUT2D eigenvalue weighted by Crippen LogP contribution is -2.45. The van der Waals surface area contributed by atoms with Gasteiger partial charge in [0.1, 0.15) is 0 Å². The molecule has 1 aliphatic rings. The first-order valence-corrected chi connectivity index (χ1v) is 5.53. The summed E-state index contributed by atoms with van der Waals surface area (Å²) < 4.78 is 0. The number of aliphatic hydroxyl groups is 1. The molecule has 1 aromatic rings. The third kappa shape index (κ3) is 2.58. The van der Waals surface area contributed by atoms with Crippen LogP contribution in [0.4, 0.5) is 0 Å². The van der Waals surface area contributed by atoms with Crippen LogP contribution in [0, 0.1) is 0 Å². The van der Waals surface area contributed by atoms with Gasteiger partial charge in [-0.15, -0.1) is 0 Å². The molecule has 1 saturated heterocycles. The summed E-state index contributed by atoms with van der Waals surface area (Å²) in [4.78, 5) is 16.5. The second-order valence-corrected chi connectivity index (χ2v) is 4.36. The normalized spacial score (nSPS) is 19.4. The van der Waals surface area contributed by atoms with E-state index in [9.17, 15) is 9.90 Å². The first-order chi connectivity index (χ1) is 7.72. The highest BCUT2D eigenvalue weighted by Gasteiger charge is 2.32. The Kier molecular flexibility index (Phi) is 3.19. The third-order valence-corrected chi connectivity index (χ3v) is 3.11. The molecule has 0 aromatic carbocycles. The Morgan fingerprint density at radius 3 is 2.75 bits per heavy atom. The Morgan fingerprint density at radius 1 is 1.44 bits per heavy atom. The van der Waals surface area contributed by atoms with Crippen LogP contribution in [0.3, 0.4) is 0 Å². The van der Waals surface area contributed by atoms with E-state index in [1.165, 1.54) is 0 Å². The number of amides is 1. The van der Waals surface area contributed by atoms with Crippen LogP contribution in [0.2, 0.25) is 0 Å². The highest BCUT2D eigenvalue weighted by molar-refractivity contribution is 5.47. The van der Waals surface area contributed by atoms with Gasteiger partial charge < -0.3 is 10.0 Å². The van der Waals surface area contributed by atoms with E-state index in [1.54, 1.807) is 11.1 Å². The molecule has 0 atom stereocenters. The SMILES string of the molecule is O=CN1CCC(O)(Cc2ccccn2)CC1. The number of piperidine rings is 1. The van der Waals surface area contributed by atoms with E-state index in [2.05, 4.69) is 4.98 Å². The Morgan fingerprint density at radius 2 is 2.19 bits per heavy atom. The smallest absolute Gasteiger partial charge is 0.209 e. The van der Waals surface area contributed by atoms with Crippen molar-refractivity contribution in [1.82, 2.24) is 9.88 Å². The van der Waals surface area contributed by atoms with Gasteiger partial charge in [-0.1, -0.05) is 6.07 Å². The molecule has 2 heterocycles. The van der Waals surface area contributed by atoms with Gasteiger partial charge in [0.15, 0.2) is 0 Å². The molecule has 0 unspecified atom stereocenters. The Balaban J connectivity index is 1.97. The van der Waals surface area contributed by atoms with Gasteiger partial charge in [-0.05, 0) is 25.0 Å². The van der Waals surface area contributed by atoms with Gasteiger partial charge in [0.05, 0.1) is 5.60 Å². The second-order valence-electron chi connectivity index (χ2n) is 4.36. The molecule has 4 heteroatoms. The lowest BCUT2D eigenvalue weighted by molar-refractivity contribution is -0.122. The molecular weight excluding hydrogens is 204 g/mol. The number of carbonyl (C=O) groups is 1. The van der Waals surface area contributed by atoms with E-state index in [0.29, 0.717) is 32.4 Å². The average Bonchev–Trinajstić information content (AvgIpc) is 2.31. The van der Waals surface area contributed by atoms with Gasteiger partial charge in [0.25, 0.3) is 0 Å². The van der Waals surface area contributed by atoms with Gasteiger partial charge in [0, 0.05) is 31.4 Å². The highest BCUT2D eigenvalue weighted by atomic mass is 16.3. The van der Waals surface area contributed by atoms with Crippen molar-refractivity contribution in [1.29, 1.82) is 0 Å². The molecule has 1 amide bonds. The number of rotatable bonds is 3. The summed E-state index contributed by atoms with van der Waals surface area (Å²) in [6, 6.07) is 5.71. The summed E-state index contributed by atoms with van der Waals surface area (Å²) in [5.41, 5.74) is 0.206. The number of hydrogen-bond donors (Lipinski definition) is 1. The number of hydrogen-bond acceptors (Lipinski definition) is 3. The van der Waals surface area contributed by atoms with Crippen LogP contribution in [0.5, 0.6) is 0 Å². The molecule has 0 aliphatic carbocycles. The van der Waals surface area contributed by atoms with Crippen molar-refractivity contribution in [2.24, 2.45) is 0 Å². The summed E-state index contributed by atoms with van der Waals surface area (Å²) in [5.74, 6) is 0. The van der Waals surface area contributed by atoms with Crippen LogP contribution in [-0.2, 0) is 11.2 Å². The number of pyridine rings is 1. The van der Waals surface area contributed by atoms with Crippen LogP contribution >= 0.6 is 0 Å². The van der Waals surface area contributed by atoms with Crippen LogP contribution in [0.15, 0.2) is 24.4 Å². The van der Waals surface area contributed by atoms with Gasteiger partial charge in [-0.2, -0.15) is 0 Å². The van der Waals surface area contributed by atoms with E-state index >= 15 is 0 Å². The Hall–Kier alpha value is -1.42. The summed E-state index contributed by atoms with van der Waals surface area (Å²) in [7, 11) is 0. The summed E-state index contributed by atoms with van der Waals surface area (Å²) in [6.45, 7) is 1.26. The van der Waals surface area contributed by atoms with Crippen LogP contribution < -0.4 is 0 Å². The topological polar surface area (TPSA) is 53.4 Å². The van der Waals surface area contributed by atoms with E-state index in [0.717, 1.165) is 12.1 Å². The molecule has 1 aromatic heterocycles. The maximum Gasteiger partial charge on any atom is 0.209 e. The fraction of sp³-hybridized carbons (Fsp3) is 0.500. The predicted molar refractivity (Wildman–Crippen MR) is 59.8 cm³/mol. The Bertz CT molecular complexity index is 345. The zero-order valence-electron chi connectivity index (χ0n) is 9.17. The number of carbonyl (C=O) groups excluding carboxylic acids is 1. The number of nitrogens with zero attached hydrogens (tertiary/aromatic N) is 2. The zero-order valence-corrected chi connectivity index (χ0v) is 9.17. The average molecular weight is 220 g/mol. The fourth-order valence-corrected chi connectivity index (χ4v) is 2.06. The monoisotopic (exact) mass is 220 g/mol. The van der Waals surface area contributed by atoms with Crippen molar-refractivity contribution in [3.8, 4) is 0 Å². The maximum atomic E-state index is 10.6. The minimum Gasteiger partial charge on any atom is -0.389 e. The summed E-state index contributed by atoms with van der Waals surface area (Å²) in [5, 5.41) is 10.4. The van der Waals surface area contributed by atoms with Crippen LogP contribution in [-0.4, -0.2) is 40.1 Å². The van der Waals surface area contributed by atoms with Crippen molar-refractivity contribution in [3.05, 3.63) is 30.1 Å². The molecule has 4 nitrogen and oxygen atoms in total. The molecule has 1 fully saturated rings. The fourth-order valence-electron chi connectivity index (χ4n) is 2.06. The standard InChI is InChI=1S/C12H16N2O2/c15-10-14-7-4-12(16,5-8-14)9-11-3-1-2-6-13-11/h1-3,6,10,16H,4-5,7-9H2. The minimum absolute atomic E-state index is 0.570. The minimum atomic E-state index is -0.701. The molecule has 0 spiro atoms. The first-order valence-electron chi connectivity index (χ1n) is 5.53. The highest BCUT2D eigenvalue weighted by Crippen LogP contribution is 2.24. The van der Waals surface area contributed by atoms with E-state index in [4.69, 9.17) is 0 Å². The van der Waals surface area contributed by atoms with Crippen molar-refractivity contribution in [3.63, 3.8) is 0 Å². The summed E-state index contributed by atoms with van der Waals surface area (Å²) in [6.07, 6.45) is 4.41. The Labute approximate surface area is 94.9 Å². The molecule has 2 rings (SSSR count). The molecule has 1 aliphatic heterocycles. The predicted octanol–water partition coefficient (Wildman–Crippen LogP) is 0.607. The molecule has 16 heavy (non-hydrogen) atoms. The lowest BCUT2D eigenvalue weighted by atomic mass is 9.87.